The highest BCUT2D eigenvalue weighted by atomic mass is 16.5. The van der Waals surface area contributed by atoms with E-state index in [4.69, 9.17) is 9.47 Å². The van der Waals surface area contributed by atoms with E-state index in [9.17, 15) is 0 Å². The summed E-state index contributed by atoms with van der Waals surface area (Å²) in [7, 11) is 0. The Morgan fingerprint density at radius 2 is 1.04 bits per heavy atom. The topological polar surface area (TPSA) is 18.5 Å². The Labute approximate surface area is 143 Å². The van der Waals surface area contributed by atoms with Gasteiger partial charge in [0.05, 0.1) is 0 Å². The molecule has 0 fully saturated rings. The largest absolute Gasteiger partial charge is 0.489 e. The quantitative estimate of drug-likeness (QED) is 0.600. The molecule has 0 unspecified atom stereocenters. The van der Waals surface area contributed by atoms with Gasteiger partial charge in [0, 0.05) is 0 Å². The number of hydrogen-bond donors (Lipinski definition) is 0. The second-order valence-electron chi connectivity index (χ2n) is 5.93. The van der Waals surface area contributed by atoms with Crippen molar-refractivity contribution in [2.75, 3.05) is 0 Å². The molecule has 0 aliphatic heterocycles. The zero-order chi connectivity index (χ0) is 16.8. The fourth-order valence-corrected chi connectivity index (χ4v) is 2.57. The number of hydrogen-bond acceptors (Lipinski definition) is 2. The zero-order valence-corrected chi connectivity index (χ0v) is 14.2. The van der Waals surface area contributed by atoms with Crippen LogP contribution in [0.15, 0.2) is 72.8 Å². The van der Waals surface area contributed by atoms with Crippen molar-refractivity contribution in [1.82, 2.24) is 0 Å². The van der Waals surface area contributed by atoms with Crippen molar-refractivity contribution in [2.45, 2.75) is 27.1 Å². The van der Waals surface area contributed by atoms with Crippen LogP contribution in [0.25, 0.3) is 0 Å². The van der Waals surface area contributed by atoms with E-state index in [0.717, 1.165) is 33.8 Å². The molecule has 2 heteroatoms. The van der Waals surface area contributed by atoms with Gasteiger partial charge in [0.1, 0.15) is 24.7 Å². The van der Waals surface area contributed by atoms with E-state index in [1.54, 1.807) is 0 Å². The molecule has 0 saturated heterocycles. The minimum atomic E-state index is 0.559. The van der Waals surface area contributed by atoms with Crippen LogP contribution in [0.4, 0.5) is 0 Å². The number of rotatable bonds is 6. The van der Waals surface area contributed by atoms with Gasteiger partial charge in [-0.05, 0) is 54.3 Å². The lowest BCUT2D eigenvalue weighted by molar-refractivity contribution is 0.298. The van der Waals surface area contributed by atoms with Gasteiger partial charge in [0.25, 0.3) is 0 Å². The first-order chi connectivity index (χ1) is 11.7. The van der Waals surface area contributed by atoms with Crippen molar-refractivity contribution in [3.63, 3.8) is 0 Å². The summed E-state index contributed by atoms with van der Waals surface area (Å²) in [6.07, 6.45) is 0. The van der Waals surface area contributed by atoms with Gasteiger partial charge < -0.3 is 9.47 Å². The van der Waals surface area contributed by atoms with Crippen molar-refractivity contribution in [3.8, 4) is 11.5 Å². The smallest absolute Gasteiger partial charge is 0.122 e. The van der Waals surface area contributed by atoms with Crippen LogP contribution in [0.3, 0.4) is 0 Å². The fraction of sp³-hybridized carbons (Fsp3) is 0.182. The monoisotopic (exact) mass is 318 g/mol. The lowest BCUT2D eigenvalue weighted by Gasteiger charge is -2.11. The second-order valence-corrected chi connectivity index (χ2v) is 5.93. The Balaban J connectivity index is 1.62. The normalized spacial score (nSPS) is 10.4. The molecule has 0 aliphatic rings. The van der Waals surface area contributed by atoms with E-state index in [-0.39, 0.29) is 0 Å². The van der Waals surface area contributed by atoms with E-state index in [2.05, 4.69) is 44.2 Å². The summed E-state index contributed by atoms with van der Waals surface area (Å²) in [5.74, 6) is 1.86. The maximum atomic E-state index is 5.92. The third kappa shape index (κ3) is 4.17. The molecular weight excluding hydrogens is 296 g/mol. The average molecular weight is 318 g/mol. The molecule has 0 atom stereocenters. The van der Waals surface area contributed by atoms with Crippen LogP contribution in [0.2, 0.25) is 0 Å². The molecule has 0 aliphatic carbocycles. The number of aryl methyl sites for hydroxylation is 2. The van der Waals surface area contributed by atoms with Gasteiger partial charge in [-0.1, -0.05) is 54.6 Å². The highest BCUT2D eigenvalue weighted by Crippen LogP contribution is 2.20. The standard InChI is InChI=1S/C22H22O2/c1-17-8-3-5-12-21(17)23-15-19-10-7-11-20(14-19)16-24-22-13-6-4-9-18(22)2/h3-14H,15-16H2,1-2H3. The van der Waals surface area contributed by atoms with Crippen LogP contribution < -0.4 is 9.47 Å². The first kappa shape index (κ1) is 16.1. The molecule has 0 radical (unpaired) electrons. The van der Waals surface area contributed by atoms with Crippen molar-refractivity contribution in [2.24, 2.45) is 0 Å². The maximum Gasteiger partial charge on any atom is 0.122 e. The highest BCUT2D eigenvalue weighted by molar-refractivity contribution is 5.33. The lowest BCUT2D eigenvalue weighted by atomic mass is 10.1. The summed E-state index contributed by atoms with van der Waals surface area (Å²) < 4.78 is 11.8. The minimum absolute atomic E-state index is 0.559. The molecule has 3 aromatic carbocycles. The van der Waals surface area contributed by atoms with Gasteiger partial charge in [-0.25, -0.2) is 0 Å². The summed E-state index contributed by atoms with van der Waals surface area (Å²) in [4.78, 5) is 0. The van der Waals surface area contributed by atoms with Gasteiger partial charge in [0.15, 0.2) is 0 Å². The molecule has 0 heterocycles. The molecule has 24 heavy (non-hydrogen) atoms. The van der Waals surface area contributed by atoms with Crippen LogP contribution in [0.1, 0.15) is 22.3 Å². The van der Waals surface area contributed by atoms with Gasteiger partial charge >= 0.3 is 0 Å². The first-order valence-electron chi connectivity index (χ1n) is 8.17. The summed E-state index contributed by atoms with van der Waals surface area (Å²) in [6, 6.07) is 24.5. The number of ether oxygens (including phenoxy) is 2. The van der Waals surface area contributed by atoms with Crippen molar-refractivity contribution < 1.29 is 9.47 Å². The Morgan fingerprint density at radius 3 is 1.50 bits per heavy atom. The molecule has 0 aromatic heterocycles. The van der Waals surface area contributed by atoms with Crippen LogP contribution in [0.5, 0.6) is 11.5 Å². The van der Waals surface area contributed by atoms with Gasteiger partial charge in [0.2, 0.25) is 0 Å². The Kier molecular flexibility index (Phi) is 5.17. The number of para-hydroxylation sites is 2. The van der Waals surface area contributed by atoms with Crippen LogP contribution in [0, 0.1) is 13.8 Å². The maximum absolute atomic E-state index is 5.92. The Hall–Kier alpha value is -2.74. The molecule has 0 N–H and O–H groups in total. The first-order valence-corrected chi connectivity index (χ1v) is 8.17. The molecule has 3 aromatic rings. The van der Waals surface area contributed by atoms with Crippen molar-refractivity contribution in [3.05, 3.63) is 95.1 Å². The molecule has 0 bridgehead atoms. The molecule has 2 nitrogen and oxygen atoms in total. The van der Waals surface area contributed by atoms with Gasteiger partial charge in [-0.2, -0.15) is 0 Å². The van der Waals surface area contributed by atoms with Gasteiger partial charge in [-0.15, -0.1) is 0 Å². The Bertz CT molecular complexity index is 744. The molecule has 122 valence electrons. The van der Waals surface area contributed by atoms with E-state index >= 15 is 0 Å². The third-order valence-corrected chi connectivity index (χ3v) is 3.97. The average Bonchev–Trinajstić information content (AvgIpc) is 2.61. The Morgan fingerprint density at radius 1 is 0.583 bits per heavy atom. The SMILES string of the molecule is Cc1ccccc1OCc1cccc(COc2ccccc2C)c1. The van der Waals surface area contributed by atoms with Crippen LogP contribution >= 0.6 is 0 Å². The van der Waals surface area contributed by atoms with Crippen molar-refractivity contribution in [1.29, 1.82) is 0 Å². The fourth-order valence-electron chi connectivity index (χ4n) is 2.57. The number of benzene rings is 3. The van der Waals surface area contributed by atoms with E-state index in [1.807, 2.05) is 42.5 Å². The molecule has 0 amide bonds. The predicted molar refractivity (Wildman–Crippen MR) is 97.5 cm³/mol. The van der Waals surface area contributed by atoms with E-state index in [0.29, 0.717) is 13.2 Å². The lowest BCUT2D eigenvalue weighted by Crippen LogP contribution is -2.00. The summed E-state index contributed by atoms with van der Waals surface area (Å²) in [5, 5.41) is 0. The minimum Gasteiger partial charge on any atom is -0.489 e. The predicted octanol–water partition coefficient (Wildman–Crippen LogP) is 5.46. The molecule has 0 saturated carbocycles. The molecular formula is C22H22O2. The van der Waals surface area contributed by atoms with Crippen LogP contribution in [-0.4, -0.2) is 0 Å². The molecule has 3 rings (SSSR count). The van der Waals surface area contributed by atoms with E-state index in [1.165, 1.54) is 0 Å². The summed E-state index contributed by atoms with van der Waals surface area (Å²) >= 11 is 0. The van der Waals surface area contributed by atoms with E-state index < -0.39 is 0 Å². The highest BCUT2D eigenvalue weighted by Gasteiger charge is 2.02. The second kappa shape index (κ2) is 7.69. The summed E-state index contributed by atoms with van der Waals surface area (Å²) in [5.41, 5.74) is 4.58. The molecule has 0 spiro atoms. The summed E-state index contributed by atoms with van der Waals surface area (Å²) in [6.45, 7) is 5.23. The van der Waals surface area contributed by atoms with Crippen molar-refractivity contribution >= 4 is 0 Å². The van der Waals surface area contributed by atoms with Crippen LogP contribution in [-0.2, 0) is 13.2 Å². The zero-order valence-electron chi connectivity index (χ0n) is 14.2. The van der Waals surface area contributed by atoms with Gasteiger partial charge in [-0.3, -0.25) is 0 Å². The third-order valence-electron chi connectivity index (χ3n) is 3.97.